The fourth-order valence-electron chi connectivity index (χ4n) is 3.26. The van der Waals surface area contributed by atoms with E-state index in [1.807, 2.05) is 20.8 Å². The summed E-state index contributed by atoms with van der Waals surface area (Å²) in [7, 11) is 0. The average Bonchev–Trinajstić information content (AvgIpc) is 3.07. The molecule has 10 heteroatoms. The van der Waals surface area contributed by atoms with Crippen LogP contribution in [0.3, 0.4) is 0 Å². The van der Waals surface area contributed by atoms with E-state index in [-0.39, 0.29) is 24.3 Å². The lowest BCUT2D eigenvalue weighted by Crippen LogP contribution is -2.39. The highest BCUT2D eigenvalue weighted by Gasteiger charge is 2.38. The Morgan fingerprint density at radius 3 is 2.03 bits per heavy atom. The van der Waals surface area contributed by atoms with Crippen molar-refractivity contribution in [1.82, 2.24) is 4.90 Å². The lowest BCUT2D eigenvalue weighted by Gasteiger charge is -2.28. The Labute approximate surface area is 170 Å². The monoisotopic (exact) mass is 438 g/mol. The molecule has 0 aliphatic carbocycles. The number of likely N-dealkylation sites (tertiary alicyclic amines) is 1. The van der Waals surface area contributed by atoms with Crippen LogP contribution >= 0.6 is 0 Å². The number of hydrogen-bond acceptors (Lipinski definition) is 2. The molecule has 1 aromatic carbocycles. The number of amides is 2. The van der Waals surface area contributed by atoms with Crippen molar-refractivity contribution < 1.29 is 35.9 Å². The Kier molecular flexibility index (Phi) is 6.78. The first-order valence-electron chi connectivity index (χ1n) is 9.52. The molecule has 1 atom stereocenters. The van der Waals surface area contributed by atoms with Crippen LogP contribution in [0.4, 0.5) is 32.0 Å². The van der Waals surface area contributed by atoms with Crippen molar-refractivity contribution in [2.24, 2.45) is 11.3 Å². The number of carbonyl (C=O) groups is 2. The van der Waals surface area contributed by atoms with Crippen molar-refractivity contribution in [3.05, 3.63) is 29.3 Å². The van der Waals surface area contributed by atoms with Crippen molar-refractivity contribution in [3.8, 4) is 0 Å². The summed E-state index contributed by atoms with van der Waals surface area (Å²) in [5.74, 6) is -0.952. The van der Waals surface area contributed by atoms with Gasteiger partial charge in [0.15, 0.2) is 0 Å². The largest absolute Gasteiger partial charge is 0.416 e. The Morgan fingerprint density at radius 1 is 1.03 bits per heavy atom. The van der Waals surface area contributed by atoms with Crippen molar-refractivity contribution in [2.75, 3.05) is 18.4 Å². The van der Waals surface area contributed by atoms with Crippen LogP contribution in [0.2, 0.25) is 0 Å². The Morgan fingerprint density at radius 2 is 1.57 bits per heavy atom. The number of anilines is 1. The van der Waals surface area contributed by atoms with Crippen LogP contribution in [-0.4, -0.2) is 29.8 Å². The van der Waals surface area contributed by atoms with Gasteiger partial charge in [0, 0.05) is 30.6 Å². The third kappa shape index (κ3) is 5.89. The van der Waals surface area contributed by atoms with Crippen LogP contribution in [-0.2, 0) is 21.9 Å². The summed E-state index contributed by atoms with van der Waals surface area (Å²) in [6, 6.07) is 0.953. The Balaban J connectivity index is 2.07. The Bertz CT molecular complexity index is 769. The molecule has 1 N–H and O–H groups in total. The molecular formula is C20H24F6N2O2. The number of carbonyl (C=O) groups excluding carboxylic acids is 2. The van der Waals surface area contributed by atoms with Gasteiger partial charge in [0.05, 0.1) is 11.1 Å². The second-order valence-corrected chi connectivity index (χ2v) is 8.19. The van der Waals surface area contributed by atoms with Crippen molar-refractivity contribution in [1.29, 1.82) is 0 Å². The van der Waals surface area contributed by atoms with E-state index in [0.29, 0.717) is 38.1 Å². The minimum Gasteiger partial charge on any atom is -0.342 e. The summed E-state index contributed by atoms with van der Waals surface area (Å²) in [6.07, 6.45) is -8.90. The predicted octanol–water partition coefficient (Wildman–Crippen LogP) is 5.34. The van der Waals surface area contributed by atoms with E-state index in [4.69, 9.17) is 0 Å². The zero-order valence-corrected chi connectivity index (χ0v) is 16.9. The molecule has 0 saturated carbocycles. The number of rotatable bonds is 5. The molecule has 1 unspecified atom stereocenters. The van der Waals surface area contributed by atoms with E-state index in [9.17, 15) is 35.9 Å². The number of halogens is 6. The SMILES string of the molecule is CCC(C)(C)C(=O)N1CCC(CC(=O)Nc2cc(C(F)(F)F)cc(C(F)(F)F)c2)C1. The first-order chi connectivity index (χ1) is 13.6. The van der Waals surface area contributed by atoms with Crippen molar-refractivity contribution >= 4 is 17.5 Å². The minimum atomic E-state index is -4.99. The zero-order valence-electron chi connectivity index (χ0n) is 16.9. The standard InChI is InChI=1S/C20H24F6N2O2/c1-4-18(2,3)17(30)28-6-5-12(11-28)7-16(29)27-15-9-13(19(21,22)23)8-14(10-15)20(24,25)26/h8-10,12H,4-7,11H2,1-3H3,(H,27,29). The van der Waals surface area contributed by atoms with Gasteiger partial charge in [0.1, 0.15) is 0 Å². The molecule has 1 aliphatic rings. The zero-order chi connectivity index (χ0) is 22.9. The molecular weight excluding hydrogens is 414 g/mol. The van der Waals surface area contributed by atoms with Crippen LogP contribution in [0, 0.1) is 11.3 Å². The smallest absolute Gasteiger partial charge is 0.342 e. The maximum atomic E-state index is 12.9. The third-order valence-corrected chi connectivity index (χ3v) is 5.38. The van der Waals surface area contributed by atoms with E-state index in [1.54, 1.807) is 4.90 Å². The van der Waals surface area contributed by atoms with Crippen LogP contribution in [0.1, 0.15) is 51.2 Å². The normalized spacial score (nSPS) is 17.9. The van der Waals surface area contributed by atoms with E-state index >= 15 is 0 Å². The first-order valence-corrected chi connectivity index (χ1v) is 9.52. The number of nitrogens with zero attached hydrogens (tertiary/aromatic N) is 1. The first kappa shape index (κ1) is 24.0. The van der Waals surface area contributed by atoms with Crippen LogP contribution < -0.4 is 5.32 Å². The van der Waals surface area contributed by atoms with Crippen molar-refractivity contribution in [3.63, 3.8) is 0 Å². The van der Waals surface area contributed by atoms with E-state index in [0.717, 1.165) is 0 Å². The molecule has 30 heavy (non-hydrogen) atoms. The number of hydrogen-bond donors (Lipinski definition) is 1. The van der Waals surface area contributed by atoms with Crippen LogP contribution in [0.25, 0.3) is 0 Å². The molecule has 2 amide bonds. The third-order valence-electron chi connectivity index (χ3n) is 5.38. The average molecular weight is 438 g/mol. The highest BCUT2D eigenvalue weighted by atomic mass is 19.4. The molecule has 1 saturated heterocycles. The van der Waals surface area contributed by atoms with Gasteiger partial charge in [-0.25, -0.2) is 0 Å². The molecule has 1 fully saturated rings. The van der Waals surface area contributed by atoms with Crippen LogP contribution in [0.15, 0.2) is 18.2 Å². The van der Waals surface area contributed by atoms with Crippen LogP contribution in [0.5, 0.6) is 0 Å². The van der Waals surface area contributed by atoms with Gasteiger partial charge in [-0.05, 0) is 37.0 Å². The summed E-state index contributed by atoms with van der Waals surface area (Å²) in [6.45, 7) is 6.32. The summed E-state index contributed by atoms with van der Waals surface area (Å²) < 4.78 is 77.6. The fraction of sp³-hybridized carbons (Fsp3) is 0.600. The second-order valence-electron chi connectivity index (χ2n) is 8.19. The molecule has 0 spiro atoms. The lowest BCUT2D eigenvalue weighted by atomic mass is 9.88. The van der Waals surface area contributed by atoms with Gasteiger partial charge in [0.2, 0.25) is 11.8 Å². The summed E-state index contributed by atoms with van der Waals surface area (Å²) in [5, 5.41) is 2.14. The highest BCUT2D eigenvalue weighted by Crippen LogP contribution is 2.37. The van der Waals surface area contributed by atoms with Gasteiger partial charge in [-0.1, -0.05) is 20.8 Å². The van der Waals surface area contributed by atoms with E-state index < -0.39 is 40.5 Å². The second kappa shape index (κ2) is 8.47. The molecule has 1 aliphatic heterocycles. The minimum absolute atomic E-state index is 0.00555. The number of benzene rings is 1. The fourth-order valence-corrected chi connectivity index (χ4v) is 3.26. The van der Waals surface area contributed by atoms with Gasteiger partial charge >= 0.3 is 12.4 Å². The maximum Gasteiger partial charge on any atom is 0.416 e. The van der Waals surface area contributed by atoms with Gasteiger partial charge in [-0.15, -0.1) is 0 Å². The van der Waals surface area contributed by atoms with E-state index in [1.165, 1.54) is 0 Å². The molecule has 2 rings (SSSR count). The molecule has 1 heterocycles. The number of alkyl halides is 6. The molecule has 0 radical (unpaired) electrons. The maximum absolute atomic E-state index is 12.9. The number of nitrogens with one attached hydrogen (secondary N) is 1. The van der Waals surface area contributed by atoms with Gasteiger partial charge in [-0.3, -0.25) is 9.59 Å². The lowest BCUT2D eigenvalue weighted by molar-refractivity contribution is -0.143. The molecule has 0 bridgehead atoms. The predicted molar refractivity (Wildman–Crippen MR) is 98.5 cm³/mol. The van der Waals surface area contributed by atoms with Gasteiger partial charge in [0.25, 0.3) is 0 Å². The highest BCUT2D eigenvalue weighted by molar-refractivity contribution is 5.91. The van der Waals surface area contributed by atoms with Gasteiger partial charge in [-0.2, -0.15) is 26.3 Å². The summed E-state index contributed by atoms with van der Waals surface area (Å²) in [4.78, 5) is 26.4. The summed E-state index contributed by atoms with van der Waals surface area (Å²) >= 11 is 0. The Hall–Kier alpha value is -2.26. The molecule has 0 aromatic heterocycles. The van der Waals surface area contributed by atoms with E-state index in [2.05, 4.69) is 5.32 Å². The molecule has 1 aromatic rings. The van der Waals surface area contributed by atoms with Gasteiger partial charge < -0.3 is 10.2 Å². The topological polar surface area (TPSA) is 49.4 Å². The summed E-state index contributed by atoms with van der Waals surface area (Å²) in [5.41, 5.74) is -4.09. The molecule has 168 valence electrons. The molecule has 4 nitrogen and oxygen atoms in total. The van der Waals surface area contributed by atoms with Crippen molar-refractivity contribution in [2.45, 2.75) is 52.4 Å². The quantitative estimate of drug-likeness (QED) is 0.631.